The van der Waals surface area contributed by atoms with Crippen LogP contribution in [0.2, 0.25) is 0 Å². The molecule has 3 unspecified atom stereocenters. The second-order valence-electron chi connectivity index (χ2n) is 19.9. The minimum atomic E-state index is -1.29. The van der Waals surface area contributed by atoms with Gasteiger partial charge in [-0.05, 0) is 64.6 Å². The molecule has 7 atom stereocenters. The highest BCUT2D eigenvalue weighted by Gasteiger charge is 2.71. The number of amides is 7. The number of ketones is 1. The topological polar surface area (TPSA) is 174 Å². The molecule has 3 saturated carbocycles. The van der Waals surface area contributed by atoms with Crippen molar-refractivity contribution in [1.82, 2.24) is 31.1 Å². The molecule has 0 aromatic heterocycles. The van der Waals surface area contributed by atoms with E-state index in [2.05, 4.69) is 35.1 Å². The Balaban J connectivity index is 1.32. The van der Waals surface area contributed by atoms with Crippen LogP contribution in [-0.2, 0) is 28.8 Å². The summed E-state index contributed by atoms with van der Waals surface area (Å²) in [6.45, 7) is 21.9. The molecule has 3 aliphatic carbocycles. The largest absolute Gasteiger partial charge is 0.349 e. The van der Waals surface area contributed by atoms with Crippen molar-refractivity contribution in [2.24, 2.45) is 45.3 Å². The number of carbonyl (C=O) groups is 7. The summed E-state index contributed by atoms with van der Waals surface area (Å²) in [4.78, 5) is 97.8. The van der Waals surface area contributed by atoms with Gasteiger partial charge in [0.05, 0.1) is 6.04 Å². The first-order valence-electron chi connectivity index (χ1n) is 19.2. The zero-order valence-corrected chi connectivity index (χ0v) is 33.2. The fourth-order valence-corrected chi connectivity index (χ4v) is 8.54. The van der Waals surface area contributed by atoms with Gasteiger partial charge in [-0.1, -0.05) is 82.6 Å². The molecule has 0 bridgehead atoms. The van der Waals surface area contributed by atoms with Gasteiger partial charge < -0.3 is 26.2 Å². The highest BCUT2D eigenvalue weighted by molar-refractivity contribution is 6.41. The molecule has 4 N–H and O–H groups in total. The first-order valence-corrected chi connectivity index (χ1v) is 19.2. The Morgan fingerprint density at radius 1 is 0.885 bits per heavy atom. The Kier molecular flexibility index (Phi) is 10.2. The Morgan fingerprint density at radius 2 is 1.48 bits per heavy atom. The van der Waals surface area contributed by atoms with Gasteiger partial charge in [0.1, 0.15) is 17.6 Å². The average molecular weight is 727 g/mol. The highest BCUT2D eigenvalue weighted by Crippen LogP contribution is 2.65. The van der Waals surface area contributed by atoms with E-state index in [1.54, 1.807) is 4.90 Å². The van der Waals surface area contributed by atoms with Gasteiger partial charge in [0.25, 0.3) is 5.91 Å². The van der Waals surface area contributed by atoms with Crippen molar-refractivity contribution in [2.45, 2.75) is 138 Å². The van der Waals surface area contributed by atoms with Crippen LogP contribution in [0.1, 0.15) is 115 Å². The third-order valence-corrected chi connectivity index (χ3v) is 12.5. The van der Waals surface area contributed by atoms with E-state index in [9.17, 15) is 33.6 Å². The van der Waals surface area contributed by atoms with E-state index in [-0.39, 0.29) is 54.4 Å². The number of rotatable bonds is 12. The number of carbonyl (C=O) groups excluding carboxylic acids is 7. The Labute approximate surface area is 308 Å². The lowest BCUT2D eigenvalue weighted by Gasteiger charge is -2.41. The maximum Gasteiger partial charge on any atom is 0.315 e. The predicted molar refractivity (Wildman–Crippen MR) is 194 cm³/mol. The lowest BCUT2D eigenvalue weighted by molar-refractivity contribution is -0.153. The summed E-state index contributed by atoms with van der Waals surface area (Å²) in [6.07, 6.45) is 3.50. The third kappa shape index (κ3) is 7.88. The predicted octanol–water partition coefficient (Wildman–Crippen LogP) is 3.15. The number of hydrogen-bond donors (Lipinski definition) is 4. The van der Waals surface area contributed by atoms with Crippen LogP contribution in [0.15, 0.2) is 0 Å². The summed E-state index contributed by atoms with van der Waals surface area (Å²) in [5.74, 6) is -2.58. The summed E-state index contributed by atoms with van der Waals surface area (Å²) < 4.78 is 0. The molecule has 52 heavy (non-hydrogen) atoms. The second-order valence-corrected chi connectivity index (χ2v) is 19.9. The van der Waals surface area contributed by atoms with E-state index in [1.165, 1.54) is 4.90 Å². The number of urea groups is 1. The molecule has 0 radical (unpaired) electrons. The number of Topliss-reactive ketones (excluding diaryl/α,β-unsaturated/α-hetero) is 1. The minimum Gasteiger partial charge on any atom is -0.349 e. The maximum absolute atomic E-state index is 14.5. The van der Waals surface area contributed by atoms with Crippen molar-refractivity contribution in [2.75, 3.05) is 19.6 Å². The van der Waals surface area contributed by atoms with Crippen molar-refractivity contribution in [3.63, 3.8) is 0 Å². The van der Waals surface area contributed by atoms with Crippen LogP contribution in [-0.4, -0.2) is 94.4 Å². The van der Waals surface area contributed by atoms with Gasteiger partial charge in [0, 0.05) is 32.5 Å². The van der Waals surface area contributed by atoms with Crippen molar-refractivity contribution in [3.05, 3.63) is 0 Å². The molecule has 5 fully saturated rings. The Bertz CT molecular complexity index is 1500. The lowest BCUT2D eigenvalue weighted by atomic mass is 9.80. The van der Waals surface area contributed by atoms with Crippen molar-refractivity contribution >= 4 is 41.4 Å². The molecule has 0 aromatic carbocycles. The second kappa shape index (κ2) is 13.4. The summed E-state index contributed by atoms with van der Waals surface area (Å²) in [5, 5.41) is 11.6. The number of nitrogens with zero attached hydrogens (tertiary/aromatic N) is 2. The third-order valence-electron chi connectivity index (χ3n) is 12.5. The van der Waals surface area contributed by atoms with Crippen LogP contribution < -0.4 is 21.3 Å². The van der Waals surface area contributed by atoms with E-state index < -0.39 is 69.4 Å². The van der Waals surface area contributed by atoms with Crippen LogP contribution in [0.3, 0.4) is 0 Å². The Morgan fingerprint density at radius 3 is 1.98 bits per heavy atom. The number of imide groups is 1. The highest BCUT2D eigenvalue weighted by atomic mass is 16.2. The molecule has 13 heteroatoms. The minimum absolute atomic E-state index is 0.00341. The number of fused-ring (bicyclic) bond motifs is 1. The van der Waals surface area contributed by atoms with E-state index in [4.69, 9.17) is 0 Å². The number of likely N-dealkylation sites (tertiary alicyclic amines) is 2. The number of piperidine rings is 2. The lowest BCUT2D eigenvalue weighted by Crippen LogP contribution is -2.63. The number of hydrogen-bond acceptors (Lipinski definition) is 7. The quantitative estimate of drug-likeness (QED) is 0.177. The molecule has 290 valence electrons. The summed E-state index contributed by atoms with van der Waals surface area (Å²) >= 11 is 0. The van der Waals surface area contributed by atoms with Gasteiger partial charge in [-0.25, -0.2) is 4.79 Å². The van der Waals surface area contributed by atoms with Crippen molar-refractivity contribution in [3.8, 4) is 0 Å². The molecule has 5 aliphatic rings. The fraction of sp³-hybridized carbons (Fsp3) is 0.821. The molecule has 2 heterocycles. The van der Waals surface area contributed by atoms with Gasteiger partial charge in [-0.2, -0.15) is 0 Å². The van der Waals surface area contributed by atoms with E-state index >= 15 is 0 Å². The molecule has 13 nitrogen and oxygen atoms in total. The molecule has 5 rings (SSSR count). The SMILES string of the molecule is CC[C@@H]1CC1(NC(=O)[C@@H]1C2C(CN1C(=O)[C@H](NC(=O)N[C@H](CN1C(=O)CC(C)(C)CC1=O)C(C)(C)C)C(C)(C)C)C2(C)C)C(=O)C(=O)NCC1CC1. The van der Waals surface area contributed by atoms with Gasteiger partial charge in [0.2, 0.25) is 29.4 Å². The normalized spacial score (nSPS) is 30.1. The maximum atomic E-state index is 14.5. The molecular formula is C39H62N6O7. The smallest absolute Gasteiger partial charge is 0.315 e. The van der Waals surface area contributed by atoms with Crippen LogP contribution in [0.4, 0.5) is 4.79 Å². The average Bonchev–Trinajstić information content (AvgIpc) is 3.96. The molecule has 0 spiro atoms. The van der Waals surface area contributed by atoms with Gasteiger partial charge in [-0.15, -0.1) is 0 Å². The van der Waals surface area contributed by atoms with Gasteiger partial charge in [0.15, 0.2) is 0 Å². The monoisotopic (exact) mass is 726 g/mol. The number of nitrogens with one attached hydrogen (secondary N) is 4. The van der Waals surface area contributed by atoms with Crippen LogP contribution in [0, 0.1) is 45.3 Å². The summed E-state index contributed by atoms with van der Waals surface area (Å²) in [5.41, 5.74) is -3.23. The summed E-state index contributed by atoms with van der Waals surface area (Å²) in [6, 6.07) is -3.14. The van der Waals surface area contributed by atoms with Crippen LogP contribution in [0.5, 0.6) is 0 Å². The first-order chi connectivity index (χ1) is 23.8. The van der Waals surface area contributed by atoms with Crippen molar-refractivity contribution < 1.29 is 33.6 Å². The van der Waals surface area contributed by atoms with E-state index in [0.29, 0.717) is 31.8 Å². The Hall–Kier alpha value is -3.51. The zero-order chi connectivity index (χ0) is 38.9. The molecule has 7 amide bonds. The standard InChI is InChI=1S/C39H62N6O7/c1-12-22-15-39(22,30(48)32(50)40-18-21-13-14-21)43-31(49)28-27-23(38(27,10)11)19-45(28)33(51)29(36(5,6)7)42-34(52)41-24(35(2,3)4)20-44-25(46)16-37(8,9)17-26(44)47/h21-24,27-29H,12-20H2,1-11H3,(H,40,50)(H,43,49)(H2,41,42,52)/t22-,23?,24-,27?,28+,29+,39?/m1/s1. The van der Waals surface area contributed by atoms with Gasteiger partial charge >= 0.3 is 6.03 Å². The van der Waals surface area contributed by atoms with Gasteiger partial charge in [-0.3, -0.25) is 33.7 Å². The molecule has 2 saturated heterocycles. The van der Waals surface area contributed by atoms with E-state index in [0.717, 1.165) is 12.8 Å². The van der Waals surface area contributed by atoms with E-state index in [1.807, 2.05) is 62.3 Å². The van der Waals surface area contributed by atoms with Crippen LogP contribution >= 0.6 is 0 Å². The fourth-order valence-electron chi connectivity index (χ4n) is 8.54. The van der Waals surface area contributed by atoms with Crippen molar-refractivity contribution in [1.29, 1.82) is 0 Å². The molecule has 2 aliphatic heterocycles. The first kappa shape index (κ1) is 39.7. The molecular weight excluding hydrogens is 664 g/mol. The zero-order valence-electron chi connectivity index (χ0n) is 33.2. The summed E-state index contributed by atoms with van der Waals surface area (Å²) in [7, 11) is 0. The molecule has 0 aromatic rings. The van der Waals surface area contributed by atoms with Crippen LogP contribution in [0.25, 0.3) is 0 Å².